The summed E-state index contributed by atoms with van der Waals surface area (Å²) in [6.07, 6.45) is 0. The molecule has 0 saturated carbocycles. The number of carbonyl (C=O) groups excluding carboxylic acids is 1. The van der Waals surface area contributed by atoms with Crippen molar-refractivity contribution in [1.29, 1.82) is 0 Å². The van der Waals surface area contributed by atoms with Crippen LogP contribution in [0.15, 0.2) is 18.2 Å². The topological polar surface area (TPSA) is 38.3 Å². The maximum Gasteiger partial charge on any atom is 0.442 e. The van der Waals surface area contributed by atoms with Gasteiger partial charge in [0.25, 0.3) is 0 Å². The SMILES string of the molecule is COc1ccc(C)cc1NC(=O)[C@@H](C)SC(F)(F)F. The molecule has 0 aliphatic carbocycles. The van der Waals surface area contributed by atoms with Crippen LogP contribution < -0.4 is 10.1 Å². The molecule has 3 nitrogen and oxygen atoms in total. The van der Waals surface area contributed by atoms with Gasteiger partial charge in [-0.05, 0) is 43.3 Å². The van der Waals surface area contributed by atoms with Crippen LogP contribution in [-0.4, -0.2) is 23.8 Å². The lowest BCUT2D eigenvalue weighted by Crippen LogP contribution is -2.25. The summed E-state index contributed by atoms with van der Waals surface area (Å²) < 4.78 is 41.6. The number of hydrogen-bond donors (Lipinski definition) is 1. The summed E-state index contributed by atoms with van der Waals surface area (Å²) in [4.78, 5) is 11.7. The highest BCUT2D eigenvalue weighted by molar-refractivity contribution is 8.01. The van der Waals surface area contributed by atoms with Crippen LogP contribution in [0.4, 0.5) is 18.9 Å². The molecule has 0 radical (unpaired) electrons. The molecule has 1 aromatic rings. The Labute approximate surface area is 113 Å². The zero-order valence-corrected chi connectivity index (χ0v) is 11.5. The monoisotopic (exact) mass is 293 g/mol. The molecular weight excluding hydrogens is 279 g/mol. The lowest BCUT2D eigenvalue weighted by molar-refractivity contribution is -0.115. The van der Waals surface area contributed by atoms with E-state index in [2.05, 4.69) is 5.32 Å². The van der Waals surface area contributed by atoms with E-state index in [-0.39, 0.29) is 11.8 Å². The molecule has 0 spiro atoms. The largest absolute Gasteiger partial charge is 0.495 e. The van der Waals surface area contributed by atoms with Crippen LogP contribution in [0, 0.1) is 6.92 Å². The van der Waals surface area contributed by atoms with E-state index < -0.39 is 16.7 Å². The number of nitrogens with one attached hydrogen (secondary N) is 1. The Kier molecular flexibility index (Phi) is 5.11. The van der Waals surface area contributed by atoms with E-state index in [4.69, 9.17) is 4.74 Å². The number of carbonyl (C=O) groups is 1. The number of rotatable bonds is 4. The second kappa shape index (κ2) is 6.18. The number of halogens is 3. The van der Waals surface area contributed by atoms with Crippen molar-refractivity contribution >= 4 is 23.4 Å². The van der Waals surface area contributed by atoms with E-state index in [0.29, 0.717) is 11.4 Å². The van der Waals surface area contributed by atoms with Crippen molar-refractivity contribution in [3.05, 3.63) is 23.8 Å². The first-order valence-corrected chi connectivity index (χ1v) is 6.31. The van der Waals surface area contributed by atoms with Crippen LogP contribution in [-0.2, 0) is 4.79 Å². The van der Waals surface area contributed by atoms with E-state index in [1.165, 1.54) is 14.0 Å². The first-order chi connectivity index (χ1) is 8.73. The molecule has 0 aromatic heterocycles. The van der Waals surface area contributed by atoms with Crippen molar-refractivity contribution in [3.8, 4) is 5.75 Å². The van der Waals surface area contributed by atoms with E-state index in [9.17, 15) is 18.0 Å². The van der Waals surface area contributed by atoms with Crippen LogP contribution in [0.5, 0.6) is 5.75 Å². The quantitative estimate of drug-likeness (QED) is 0.922. The van der Waals surface area contributed by atoms with Gasteiger partial charge in [-0.2, -0.15) is 13.2 Å². The van der Waals surface area contributed by atoms with Crippen molar-refractivity contribution in [2.75, 3.05) is 12.4 Å². The number of aryl methyl sites for hydroxylation is 1. The summed E-state index contributed by atoms with van der Waals surface area (Å²) >= 11 is -0.351. The Bertz CT molecular complexity index is 463. The molecule has 0 unspecified atom stereocenters. The number of hydrogen-bond acceptors (Lipinski definition) is 3. The number of anilines is 1. The molecule has 0 saturated heterocycles. The van der Waals surface area contributed by atoms with Gasteiger partial charge in [-0.15, -0.1) is 0 Å². The van der Waals surface area contributed by atoms with E-state index >= 15 is 0 Å². The molecule has 0 aliphatic heterocycles. The third kappa shape index (κ3) is 5.02. The second-order valence-corrected chi connectivity index (χ2v) is 5.30. The van der Waals surface area contributed by atoms with Gasteiger partial charge in [0.05, 0.1) is 18.0 Å². The van der Waals surface area contributed by atoms with E-state index in [1.807, 2.05) is 6.92 Å². The summed E-state index contributed by atoms with van der Waals surface area (Å²) in [5.41, 5.74) is -3.21. The van der Waals surface area contributed by atoms with Gasteiger partial charge in [0, 0.05) is 0 Å². The lowest BCUT2D eigenvalue weighted by atomic mass is 10.2. The van der Waals surface area contributed by atoms with Crippen molar-refractivity contribution in [2.45, 2.75) is 24.6 Å². The maximum atomic E-state index is 12.2. The zero-order valence-electron chi connectivity index (χ0n) is 10.7. The highest BCUT2D eigenvalue weighted by Crippen LogP contribution is 2.34. The van der Waals surface area contributed by atoms with Crippen LogP contribution in [0.3, 0.4) is 0 Å². The summed E-state index contributed by atoms with van der Waals surface area (Å²) in [7, 11) is 1.42. The summed E-state index contributed by atoms with van der Waals surface area (Å²) in [5, 5.41) is 1.21. The number of ether oxygens (including phenoxy) is 1. The molecule has 1 aromatic carbocycles. The van der Waals surface area contributed by atoms with E-state index in [0.717, 1.165) is 5.56 Å². The molecule has 7 heteroatoms. The molecule has 0 heterocycles. The van der Waals surface area contributed by atoms with Crippen LogP contribution in [0.2, 0.25) is 0 Å². The Hall–Kier alpha value is -1.37. The Morgan fingerprint density at radius 3 is 2.58 bits per heavy atom. The molecule has 1 N–H and O–H groups in total. The van der Waals surface area contributed by atoms with Crippen molar-refractivity contribution in [2.24, 2.45) is 0 Å². The predicted molar refractivity (Wildman–Crippen MR) is 69.5 cm³/mol. The average molecular weight is 293 g/mol. The number of benzene rings is 1. The van der Waals surface area contributed by atoms with Gasteiger partial charge in [-0.3, -0.25) is 4.79 Å². The van der Waals surface area contributed by atoms with Crippen molar-refractivity contribution < 1.29 is 22.7 Å². The third-order valence-electron chi connectivity index (χ3n) is 2.29. The molecule has 0 bridgehead atoms. The number of amides is 1. The first-order valence-electron chi connectivity index (χ1n) is 5.43. The molecule has 0 aliphatic rings. The summed E-state index contributed by atoms with van der Waals surface area (Å²) in [6, 6.07) is 5.07. The number of alkyl halides is 3. The third-order valence-corrected chi connectivity index (χ3v) is 3.13. The van der Waals surface area contributed by atoms with Gasteiger partial charge >= 0.3 is 5.51 Å². The lowest BCUT2D eigenvalue weighted by Gasteiger charge is -2.15. The Morgan fingerprint density at radius 2 is 2.05 bits per heavy atom. The molecule has 0 fully saturated rings. The number of thioether (sulfide) groups is 1. The van der Waals surface area contributed by atoms with Gasteiger partial charge in [-0.1, -0.05) is 6.07 Å². The van der Waals surface area contributed by atoms with E-state index in [1.54, 1.807) is 18.2 Å². The highest BCUT2D eigenvalue weighted by Gasteiger charge is 2.34. The summed E-state index contributed by atoms with van der Waals surface area (Å²) in [6.45, 7) is 3.01. The van der Waals surface area contributed by atoms with Gasteiger partial charge in [0.15, 0.2) is 0 Å². The fraction of sp³-hybridized carbons (Fsp3) is 0.417. The van der Waals surface area contributed by atoms with Gasteiger partial charge in [-0.25, -0.2) is 0 Å². The molecule has 1 rings (SSSR count). The zero-order chi connectivity index (χ0) is 14.6. The fourth-order valence-electron chi connectivity index (χ4n) is 1.41. The smallest absolute Gasteiger partial charge is 0.442 e. The Morgan fingerprint density at radius 1 is 1.42 bits per heavy atom. The fourth-order valence-corrected chi connectivity index (χ4v) is 1.97. The minimum Gasteiger partial charge on any atom is -0.495 e. The minimum absolute atomic E-state index is 0.351. The standard InChI is InChI=1S/C12H14F3NO2S/c1-7-4-5-10(18-3)9(6-7)16-11(17)8(2)19-12(13,14)15/h4-6,8H,1-3H3,(H,16,17)/t8-/m1/s1. The van der Waals surface area contributed by atoms with Crippen molar-refractivity contribution in [3.63, 3.8) is 0 Å². The maximum absolute atomic E-state index is 12.2. The van der Waals surface area contributed by atoms with Crippen LogP contribution in [0.1, 0.15) is 12.5 Å². The predicted octanol–water partition coefficient (Wildman–Crippen LogP) is 3.58. The van der Waals surface area contributed by atoms with Gasteiger partial charge in [0.2, 0.25) is 5.91 Å². The van der Waals surface area contributed by atoms with Gasteiger partial charge < -0.3 is 10.1 Å². The first kappa shape index (κ1) is 15.7. The molecule has 1 atom stereocenters. The molecule has 1 amide bonds. The van der Waals surface area contributed by atoms with Crippen LogP contribution in [0.25, 0.3) is 0 Å². The van der Waals surface area contributed by atoms with Gasteiger partial charge in [0.1, 0.15) is 5.75 Å². The number of methoxy groups -OCH3 is 1. The molecule has 19 heavy (non-hydrogen) atoms. The highest BCUT2D eigenvalue weighted by atomic mass is 32.2. The Balaban J connectivity index is 2.79. The molecule has 106 valence electrons. The minimum atomic E-state index is -4.44. The van der Waals surface area contributed by atoms with Crippen LogP contribution >= 0.6 is 11.8 Å². The van der Waals surface area contributed by atoms with Crippen molar-refractivity contribution in [1.82, 2.24) is 0 Å². The summed E-state index contributed by atoms with van der Waals surface area (Å²) in [5.74, 6) is -0.311. The normalized spacial score (nSPS) is 12.9. The average Bonchev–Trinajstić information content (AvgIpc) is 2.27. The second-order valence-electron chi connectivity index (χ2n) is 3.90. The molecular formula is C12H14F3NO2S.